The van der Waals surface area contributed by atoms with E-state index in [1.807, 2.05) is 65.0 Å². The maximum atomic E-state index is 12.5. The summed E-state index contributed by atoms with van der Waals surface area (Å²) in [7, 11) is 0. The molecule has 4 heteroatoms. The van der Waals surface area contributed by atoms with Crippen molar-refractivity contribution in [2.75, 3.05) is 0 Å². The molecule has 0 aliphatic heterocycles. The third kappa shape index (κ3) is 2.64. The van der Waals surface area contributed by atoms with Crippen molar-refractivity contribution < 1.29 is 9.21 Å². The SMILES string of the molecule is CC(C)(C)C(=O)C(C)(C)c1nnc(-c2ccccc2)o1. The molecule has 0 bridgehead atoms. The van der Waals surface area contributed by atoms with E-state index in [1.165, 1.54) is 0 Å². The molecule has 1 aromatic carbocycles. The van der Waals surface area contributed by atoms with Gasteiger partial charge in [0.2, 0.25) is 11.8 Å². The Morgan fingerprint density at radius 2 is 1.60 bits per heavy atom. The van der Waals surface area contributed by atoms with Crippen molar-refractivity contribution in [1.82, 2.24) is 10.2 Å². The largest absolute Gasteiger partial charge is 0.420 e. The van der Waals surface area contributed by atoms with Crippen LogP contribution >= 0.6 is 0 Å². The van der Waals surface area contributed by atoms with Crippen molar-refractivity contribution in [3.8, 4) is 11.5 Å². The average Bonchev–Trinajstić information content (AvgIpc) is 2.88. The molecule has 0 unspecified atom stereocenters. The number of hydrogen-bond acceptors (Lipinski definition) is 4. The third-order valence-corrected chi connectivity index (χ3v) is 3.23. The van der Waals surface area contributed by atoms with Gasteiger partial charge in [-0.3, -0.25) is 4.79 Å². The maximum absolute atomic E-state index is 12.5. The van der Waals surface area contributed by atoms with Crippen molar-refractivity contribution in [3.63, 3.8) is 0 Å². The zero-order valence-electron chi connectivity index (χ0n) is 12.6. The Hall–Kier alpha value is -1.97. The molecule has 0 spiro atoms. The van der Waals surface area contributed by atoms with Gasteiger partial charge in [-0.25, -0.2) is 0 Å². The van der Waals surface area contributed by atoms with Crippen LogP contribution in [0.1, 0.15) is 40.5 Å². The Labute approximate surface area is 119 Å². The second-order valence-electron chi connectivity index (χ2n) is 6.48. The normalized spacial score (nSPS) is 12.4. The van der Waals surface area contributed by atoms with Gasteiger partial charge in [-0.2, -0.15) is 0 Å². The third-order valence-electron chi connectivity index (χ3n) is 3.23. The van der Waals surface area contributed by atoms with Crippen molar-refractivity contribution in [2.45, 2.75) is 40.0 Å². The summed E-state index contributed by atoms with van der Waals surface area (Å²) in [6.07, 6.45) is 0. The highest BCUT2D eigenvalue weighted by Crippen LogP contribution is 2.33. The fourth-order valence-electron chi connectivity index (χ4n) is 2.21. The predicted molar refractivity (Wildman–Crippen MR) is 77.2 cm³/mol. The zero-order valence-corrected chi connectivity index (χ0v) is 12.6. The number of rotatable bonds is 3. The number of hydrogen-bond donors (Lipinski definition) is 0. The molecule has 0 amide bonds. The molecule has 0 saturated carbocycles. The number of benzene rings is 1. The highest BCUT2D eigenvalue weighted by Gasteiger charge is 2.41. The molecule has 0 aliphatic rings. The number of aromatic nitrogens is 2. The van der Waals surface area contributed by atoms with Gasteiger partial charge in [-0.05, 0) is 26.0 Å². The number of nitrogens with zero attached hydrogens (tertiary/aromatic N) is 2. The van der Waals surface area contributed by atoms with Crippen LogP contribution in [0.15, 0.2) is 34.7 Å². The van der Waals surface area contributed by atoms with Crippen LogP contribution in [0.2, 0.25) is 0 Å². The summed E-state index contributed by atoms with van der Waals surface area (Å²) in [4.78, 5) is 12.5. The van der Waals surface area contributed by atoms with Crippen molar-refractivity contribution >= 4 is 5.78 Å². The molecular formula is C16H20N2O2. The van der Waals surface area contributed by atoms with Crippen LogP contribution in [0.4, 0.5) is 0 Å². The van der Waals surface area contributed by atoms with Crippen molar-refractivity contribution in [1.29, 1.82) is 0 Å². The first-order valence-corrected chi connectivity index (χ1v) is 6.67. The van der Waals surface area contributed by atoms with Crippen LogP contribution in [0.5, 0.6) is 0 Å². The number of Topliss-reactive ketones (excluding diaryl/α,β-unsaturated/α-hetero) is 1. The molecule has 0 saturated heterocycles. The molecule has 1 aromatic heterocycles. The van der Waals surface area contributed by atoms with Gasteiger partial charge in [0.1, 0.15) is 5.41 Å². The van der Waals surface area contributed by atoms with Crippen molar-refractivity contribution in [2.24, 2.45) is 5.41 Å². The molecule has 0 atom stereocenters. The van der Waals surface area contributed by atoms with E-state index in [0.29, 0.717) is 11.8 Å². The summed E-state index contributed by atoms with van der Waals surface area (Å²) in [5.41, 5.74) is -0.395. The van der Waals surface area contributed by atoms with Gasteiger partial charge in [0.15, 0.2) is 5.78 Å². The Bertz CT molecular complexity index is 607. The minimum atomic E-state index is -0.793. The standard InChI is InChI=1S/C16H20N2O2/c1-15(2,3)13(19)16(4,5)14-18-17-12(20-14)11-9-7-6-8-10-11/h6-10H,1-5H3. The fraction of sp³-hybridized carbons (Fsp3) is 0.438. The van der Waals surface area contributed by atoms with Gasteiger partial charge < -0.3 is 4.42 Å². The van der Waals surface area contributed by atoms with Gasteiger partial charge in [0.05, 0.1) is 0 Å². The van der Waals surface area contributed by atoms with Gasteiger partial charge in [-0.1, -0.05) is 39.0 Å². The maximum Gasteiger partial charge on any atom is 0.247 e. The number of carbonyl (C=O) groups excluding carboxylic acids is 1. The lowest BCUT2D eigenvalue weighted by Crippen LogP contribution is -2.38. The lowest BCUT2D eigenvalue weighted by Gasteiger charge is -2.27. The predicted octanol–water partition coefficient (Wildman–Crippen LogP) is 3.63. The molecule has 0 radical (unpaired) electrons. The van der Waals surface area contributed by atoms with Crippen LogP contribution in [-0.2, 0) is 10.2 Å². The molecule has 1 heterocycles. The topological polar surface area (TPSA) is 56.0 Å². The quantitative estimate of drug-likeness (QED) is 0.856. The minimum Gasteiger partial charge on any atom is -0.420 e. The first kappa shape index (κ1) is 14.4. The van der Waals surface area contributed by atoms with Gasteiger partial charge in [0.25, 0.3) is 0 Å². The Morgan fingerprint density at radius 1 is 1.00 bits per heavy atom. The van der Waals surface area contributed by atoms with E-state index < -0.39 is 10.8 Å². The van der Waals surface area contributed by atoms with E-state index >= 15 is 0 Å². The molecule has 106 valence electrons. The van der Waals surface area contributed by atoms with E-state index in [2.05, 4.69) is 10.2 Å². The first-order valence-electron chi connectivity index (χ1n) is 6.67. The molecule has 20 heavy (non-hydrogen) atoms. The monoisotopic (exact) mass is 272 g/mol. The fourth-order valence-corrected chi connectivity index (χ4v) is 2.21. The second kappa shape index (κ2) is 4.85. The van der Waals surface area contributed by atoms with Crippen molar-refractivity contribution in [3.05, 3.63) is 36.2 Å². The molecular weight excluding hydrogens is 252 g/mol. The van der Waals surface area contributed by atoms with E-state index in [9.17, 15) is 4.79 Å². The summed E-state index contributed by atoms with van der Waals surface area (Å²) in [6.45, 7) is 9.33. The molecule has 0 N–H and O–H groups in total. The highest BCUT2D eigenvalue weighted by atomic mass is 16.4. The average molecular weight is 272 g/mol. The summed E-state index contributed by atoms with van der Waals surface area (Å²) >= 11 is 0. The Morgan fingerprint density at radius 3 is 2.15 bits per heavy atom. The second-order valence-corrected chi connectivity index (χ2v) is 6.48. The molecule has 0 fully saturated rings. The molecule has 2 rings (SSSR count). The Balaban J connectivity index is 2.36. The van der Waals surface area contributed by atoms with E-state index in [-0.39, 0.29) is 5.78 Å². The number of ketones is 1. The van der Waals surface area contributed by atoms with E-state index in [4.69, 9.17) is 4.42 Å². The Kier molecular flexibility index (Phi) is 3.50. The molecule has 0 aliphatic carbocycles. The first-order chi connectivity index (χ1) is 9.23. The minimum absolute atomic E-state index is 0.0771. The van der Waals surface area contributed by atoms with Crippen LogP contribution in [0, 0.1) is 5.41 Å². The number of carbonyl (C=O) groups is 1. The molecule has 2 aromatic rings. The van der Waals surface area contributed by atoms with E-state index in [1.54, 1.807) is 0 Å². The smallest absolute Gasteiger partial charge is 0.247 e. The summed E-state index contributed by atoms with van der Waals surface area (Å²) in [5.74, 6) is 0.875. The van der Waals surface area contributed by atoms with Gasteiger partial charge >= 0.3 is 0 Å². The highest BCUT2D eigenvalue weighted by molar-refractivity contribution is 5.92. The van der Waals surface area contributed by atoms with Gasteiger partial charge in [0, 0.05) is 11.0 Å². The van der Waals surface area contributed by atoms with Crippen LogP contribution < -0.4 is 0 Å². The lowest BCUT2D eigenvalue weighted by molar-refractivity contribution is -0.131. The summed E-state index contributed by atoms with van der Waals surface area (Å²) in [6, 6.07) is 9.54. The molecule has 4 nitrogen and oxygen atoms in total. The van der Waals surface area contributed by atoms with Gasteiger partial charge in [-0.15, -0.1) is 10.2 Å². The summed E-state index contributed by atoms with van der Waals surface area (Å²) in [5, 5.41) is 8.11. The van der Waals surface area contributed by atoms with Crippen LogP contribution in [0.25, 0.3) is 11.5 Å². The van der Waals surface area contributed by atoms with Crippen LogP contribution in [0.3, 0.4) is 0 Å². The lowest BCUT2D eigenvalue weighted by atomic mass is 9.74. The van der Waals surface area contributed by atoms with E-state index in [0.717, 1.165) is 5.56 Å². The van der Waals surface area contributed by atoms with Crippen LogP contribution in [-0.4, -0.2) is 16.0 Å². The zero-order chi connectivity index (χ0) is 15.0. The summed E-state index contributed by atoms with van der Waals surface area (Å²) < 4.78 is 5.71.